The van der Waals surface area contributed by atoms with E-state index in [1.165, 1.54) is 12.8 Å². The Morgan fingerprint density at radius 1 is 1.36 bits per heavy atom. The lowest BCUT2D eigenvalue weighted by Crippen LogP contribution is -2.38. The first-order valence-electron chi connectivity index (χ1n) is 8.44. The van der Waals surface area contributed by atoms with Crippen LogP contribution in [-0.2, 0) is 9.47 Å². The summed E-state index contributed by atoms with van der Waals surface area (Å²) in [6.45, 7) is 11.6. The number of nitrogens with one attached hydrogen (secondary N) is 2. The number of rotatable bonds is 10. The molecule has 0 bridgehead atoms. The second-order valence-electron chi connectivity index (χ2n) is 5.93. The normalized spacial score (nSPS) is 18.4. The fourth-order valence-electron chi connectivity index (χ4n) is 2.24. The van der Waals surface area contributed by atoms with Crippen LogP contribution in [0, 0.1) is 5.92 Å². The van der Waals surface area contributed by atoms with Crippen LogP contribution in [-0.4, -0.2) is 51.5 Å². The Kier molecular flexibility index (Phi) is 14.5. The Morgan fingerprint density at radius 2 is 2.18 bits per heavy atom. The molecule has 2 N–H and O–H groups in total. The van der Waals surface area contributed by atoms with Gasteiger partial charge >= 0.3 is 0 Å². The first-order chi connectivity index (χ1) is 10.2. The lowest BCUT2D eigenvalue weighted by atomic mass is 10.2. The summed E-state index contributed by atoms with van der Waals surface area (Å²) in [6, 6.07) is 0. The van der Waals surface area contributed by atoms with Crippen LogP contribution in [0.15, 0.2) is 4.99 Å². The average molecular weight is 427 g/mol. The number of nitrogens with zero attached hydrogens (tertiary/aromatic N) is 1. The van der Waals surface area contributed by atoms with Crippen molar-refractivity contribution in [3.8, 4) is 0 Å². The zero-order valence-electron chi connectivity index (χ0n) is 14.4. The Labute approximate surface area is 153 Å². The van der Waals surface area contributed by atoms with Gasteiger partial charge in [0.25, 0.3) is 0 Å². The van der Waals surface area contributed by atoms with Crippen molar-refractivity contribution in [2.45, 2.75) is 52.6 Å². The van der Waals surface area contributed by atoms with E-state index in [9.17, 15) is 0 Å². The summed E-state index contributed by atoms with van der Waals surface area (Å²) >= 11 is 0. The zero-order valence-corrected chi connectivity index (χ0v) is 16.7. The molecule has 22 heavy (non-hydrogen) atoms. The molecule has 1 saturated heterocycles. The predicted molar refractivity (Wildman–Crippen MR) is 103 cm³/mol. The molecule has 1 unspecified atom stereocenters. The smallest absolute Gasteiger partial charge is 0.191 e. The molecule has 0 aromatic carbocycles. The third-order valence-electron chi connectivity index (χ3n) is 3.29. The Bertz CT molecular complexity index is 283. The Balaban J connectivity index is 0.00000441. The van der Waals surface area contributed by atoms with E-state index in [1.807, 2.05) is 0 Å². The highest BCUT2D eigenvalue weighted by molar-refractivity contribution is 14.0. The molecule has 1 fully saturated rings. The van der Waals surface area contributed by atoms with Crippen LogP contribution in [0.4, 0.5) is 0 Å². The average Bonchev–Trinajstić information content (AvgIpc) is 2.95. The van der Waals surface area contributed by atoms with Crippen LogP contribution in [0.2, 0.25) is 0 Å². The monoisotopic (exact) mass is 427 g/mol. The molecule has 0 aliphatic carbocycles. The van der Waals surface area contributed by atoms with Gasteiger partial charge in [-0.1, -0.05) is 13.8 Å². The van der Waals surface area contributed by atoms with E-state index in [4.69, 9.17) is 9.47 Å². The predicted octanol–water partition coefficient (Wildman–Crippen LogP) is 2.79. The fourth-order valence-corrected chi connectivity index (χ4v) is 2.24. The molecule has 0 radical (unpaired) electrons. The van der Waals surface area contributed by atoms with Crippen LogP contribution >= 0.6 is 24.0 Å². The maximum atomic E-state index is 5.62. The summed E-state index contributed by atoms with van der Waals surface area (Å²) < 4.78 is 11.2. The van der Waals surface area contributed by atoms with E-state index in [-0.39, 0.29) is 24.0 Å². The summed E-state index contributed by atoms with van der Waals surface area (Å²) in [7, 11) is 0. The van der Waals surface area contributed by atoms with Crippen molar-refractivity contribution in [3.63, 3.8) is 0 Å². The number of hydrogen-bond acceptors (Lipinski definition) is 3. The van der Waals surface area contributed by atoms with Gasteiger partial charge in [-0.2, -0.15) is 0 Å². The van der Waals surface area contributed by atoms with Crippen LogP contribution < -0.4 is 10.6 Å². The van der Waals surface area contributed by atoms with E-state index >= 15 is 0 Å². The lowest BCUT2D eigenvalue weighted by molar-refractivity contribution is 0.105. The fraction of sp³-hybridized carbons (Fsp3) is 0.938. The van der Waals surface area contributed by atoms with E-state index < -0.39 is 0 Å². The van der Waals surface area contributed by atoms with Crippen LogP contribution in [0.1, 0.15) is 46.5 Å². The highest BCUT2D eigenvalue weighted by Crippen LogP contribution is 2.14. The summed E-state index contributed by atoms with van der Waals surface area (Å²) in [5.74, 6) is 1.50. The molecule has 1 atom stereocenters. The summed E-state index contributed by atoms with van der Waals surface area (Å²) in [4.78, 5) is 4.57. The third-order valence-corrected chi connectivity index (χ3v) is 3.29. The van der Waals surface area contributed by atoms with Gasteiger partial charge < -0.3 is 20.1 Å². The maximum absolute atomic E-state index is 5.62. The quantitative estimate of drug-likeness (QED) is 0.244. The summed E-state index contributed by atoms with van der Waals surface area (Å²) in [5.41, 5.74) is 0. The molecule has 0 spiro atoms. The van der Waals surface area contributed by atoms with Crippen LogP contribution in [0.25, 0.3) is 0 Å². The molecule has 5 nitrogen and oxygen atoms in total. The number of ether oxygens (including phenoxy) is 2. The van der Waals surface area contributed by atoms with Crippen molar-refractivity contribution in [1.29, 1.82) is 0 Å². The minimum Gasteiger partial charge on any atom is -0.381 e. The first-order valence-corrected chi connectivity index (χ1v) is 8.44. The molecule has 0 saturated carbocycles. The topological polar surface area (TPSA) is 54.9 Å². The Hall–Kier alpha value is -0.0800. The highest BCUT2D eigenvalue weighted by Gasteiger charge is 2.14. The zero-order chi connectivity index (χ0) is 15.3. The van der Waals surface area contributed by atoms with Gasteiger partial charge in [0, 0.05) is 39.5 Å². The number of guanidine groups is 1. The summed E-state index contributed by atoms with van der Waals surface area (Å²) in [6.07, 6.45) is 4.86. The van der Waals surface area contributed by atoms with Crippen molar-refractivity contribution in [2.24, 2.45) is 10.9 Å². The number of hydrogen-bond donors (Lipinski definition) is 2. The van der Waals surface area contributed by atoms with Gasteiger partial charge in [0.15, 0.2) is 5.96 Å². The molecule has 132 valence electrons. The Morgan fingerprint density at radius 3 is 2.82 bits per heavy atom. The molecule has 1 heterocycles. The third kappa shape index (κ3) is 11.5. The van der Waals surface area contributed by atoms with E-state index in [0.717, 1.165) is 58.3 Å². The molecule has 0 aromatic heterocycles. The van der Waals surface area contributed by atoms with Crippen LogP contribution in [0.3, 0.4) is 0 Å². The molecule has 1 rings (SSSR count). The maximum Gasteiger partial charge on any atom is 0.191 e. The molecule has 0 amide bonds. The second kappa shape index (κ2) is 14.5. The first kappa shape index (κ1) is 21.9. The minimum absolute atomic E-state index is 0. The van der Waals surface area contributed by atoms with Gasteiger partial charge in [0.1, 0.15) is 0 Å². The van der Waals surface area contributed by atoms with Gasteiger partial charge in [-0.25, -0.2) is 0 Å². The van der Waals surface area contributed by atoms with E-state index in [2.05, 4.69) is 36.4 Å². The van der Waals surface area contributed by atoms with E-state index in [1.54, 1.807) is 0 Å². The molecular formula is C16H34IN3O2. The standard InChI is InChI=1S/C16H33N3O2.HI/c1-4-17-16(18-9-6-11-20-13-14(2)3)19-10-8-15-7-5-12-21-15;/h14-15H,4-13H2,1-3H3,(H2,17,18,19);1H. The molecule has 6 heteroatoms. The lowest BCUT2D eigenvalue weighted by Gasteiger charge is -2.13. The largest absolute Gasteiger partial charge is 0.381 e. The van der Waals surface area contributed by atoms with Gasteiger partial charge in [-0.05, 0) is 38.5 Å². The molecular weight excluding hydrogens is 393 g/mol. The van der Waals surface area contributed by atoms with Gasteiger partial charge in [-0.3, -0.25) is 4.99 Å². The SMILES string of the molecule is CCNC(=NCCCOCC(C)C)NCCC1CCCO1.I. The van der Waals surface area contributed by atoms with Gasteiger partial charge in [-0.15, -0.1) is 24.0 Å². The molecule has 1 aliphatic heterocycles. The van der Waals surface area contributed by atoms with E-state index in [0.29, 0.717) is 12.0 Å². The van der Waals surface area contributed by atoms with Crippen molar-refractivity contribution in [2.75, 3.05) is 39.5 Å². The van der Waals surface area contributed by atoms with Crippen molar-refractivity contribution < 1.29 is 9.47 Å². The summed E-state index contributed by atoms with van der Waals surface area (Å²) in [5, 5.41) is 6.65. The number of halogens is 1. The minimum atomic E-state index is 0. The molecule has 0 aromatic rings. The van der Waals surface area contributed by atoms with Crippen molar-refractivity contribution in [1.82, 2.24) is 10.6 Å². The second-order valence-corrected chi connectivity index (χ2v) is 5.93. The van der Waals surface area contributed by atoms with Crippen molar-refractivity contribution in [3.05, 3.63) is 0 Å². The van der Waals surface area contributed by atoms with Crippen molar-refractivity contribution >= 4 is 29.9 Å². The van der Waals surface area contributed by atoms with Crippen LogP contribution in [0.5, 0.6) is 0 Å². The number of aliphatic imine (C=N–C) groups is 1. The highest BCUT2D eigenvalue weighted by atomic mass is 127. The van der Waals surface area contributed by atoms with Gasteiger partial charge in [0.2, 0.25) is 0 Å². The molecule has 1 aliphatic rings. The van der Waals surface area contributed by atoms with Gasteiger partial charge in [0.05, 0.1) is 6.10 Å².